The minimum Gasteiger partial charge on any atom is -0.384 e. The standard InChI is InChI=1S/C11H17BrN2/c1-4-11(2,3)8-14-10-5-6-13-7-9(10)12/h5-7H,4,8H2,1-3H3,(H,13,14). The zero-order valence-electron chi connectivity index (χ0n) is 8.97. The summed E-state index contributed by atoms with van der Waals surface area (Å²) in [5.41, 5.74) is 1.45. The van der Waals surface area contributed by atoms with Crippen molar-refractivity contribution in [3.8, 4) is 0 Å². The maximum atomic E-state index is 4.02. The molecule has 0 aliphatic heterocycles. The van der Waals surface area contributed by atoms with E-state index in [-0.39, 0.29) is 0 Å². The van der Waals surface area contributed by atoms with E-state index in [0.717, 1.165) is 16.7 Å². The summed E-state index contributed by atoms with van der Waals surface area (Å²) in [6, 6.07) is 1.98. The number of nitrogens with one attached hydrogen (secondary N) is 1. The highest BCUT2D eigenvalue weighted by molar-refractivity contribution is 9.10. The van der Waals surface area contributed by atoms with Crippen molar-refractivity contribution in [2.24, 2.45) is 5.41 Å². The molecule has 1 aromatic heterocycles. The van der Waals surface area contributed by atoms with E-state index in [1.807, 2.05) is 6.07 Å². The minimum atomic E-state index is 0.336. The third-order valence-corrected chi connectivity index (χ3v) is 3.12. The molecular weight excluding hydrogens is 240 g/mol. The van der Waals surface area contributed by atoms with Crippen molar-refractivity contribution >= 4 is 21.6 Å². The van der Waals surface area contributed by atoms with Crippen LogP contribution in [0, 0.1) is 5.41 Å². The lowest BCUT2D eigenvalue weighted by Gasteiger charge is -2.23. The Morgan fingerprint density at radius 3 is 2.79 bits per heavy atom. The van der Waals surface area contributed by atoms with Crippen molar-refractivity contribution in [1.29, 1.82) is 0 Å². The maximum absolute atomic E-state index is 4.02. The molecule has 1 heterocycles. The molecule has 0 aliphatic carbocycles. The fraction of sp³-hybridized carbons (Fsp3) is 0.545. The van der Waals surface area contributed by atoms with Crippen LogP contribution in [0.25, 0.3) is 0 Å². The zero-order valence-corrected chi connectivity index (χ0v) is 10.6. The molecule has 0 aliphatic rings. The number of nitrogens with zero attached hydrogens (tertiary/aromatic N) is 1. The summed E-state index contributed by atoms with van der Waals surface area (Å²) in [5.74, 6) is 0. The number of anilines is 1. The van der Waals surface area contributed by atoms with Gasteiger partial charge in [-0.05, 0) is 33.8 Å². The van der Waals surface area contributed by atoms with Crippen LogP contribution in [-0.2, 0) is 0 Å². The lowest BCUT2D eigenvalue weighted by Crippen LogP contribution is -2.22. The van der Waals surface area contributed by atoms with Crippen molar-refractivity contribution in [3.05, 3.63) is 22.9 Å². The quantitative estimate of drug-likeness (QED) is 0.889. The highest BCUT2D eigenvalue weighted by Gasteiger charge is 2.14. The molecule has 0 bridgehead atoms. The van der Waals surface area contributed by atoms with E-state index < -0.39 is 0 Å². The molecule has 0 aromatic carbocycles. The van der Waals surface area contributed by atoms with Gasteiger partial charge in [-0.3, -0.25) is 4.98 Å². The number of rotatable bonds is 4. The van der Waals surface area contributed by atoms with Gasteiger partial charge in [-0.25, -0.2) is 0 Å². The Morgan fingerprint density at radius 2 is 2.21 bits per heavy atom. The number of halogens is 1. The highest BCUT2D eigenvalue weighted by atomic mass is 79.9. The fourth-order valence-corrected chi connectivity index (χ4v) is 1.37. The predicted molar refractivity (Wildman–Crippen MR) is 64.5 cm³/mol. The van der Waals surface area contributed by atoms with Gasteiger partial charge in [-0.15, -0.1) is 0 Å². The Labute approximate surface area is 94.3 Å². The monoisotopic (exact) mass is 256 g/mol. The molecule has 1 aromatic rings. The van der Waals surface area contributed by atoms with Crippen LogP contribution in [0.15, 0.2) is 22.9 Å². The summed E-state index contributed by atoms with van der Waals surface area (Å²) in [7, 11) is 0. The predicted octanol–water partition coefficient (Wildman–Crippen LogP) is 3.69. The van der Waals surface area contributed by atoms with Crippen LogP contribution in [0.5, 0.6) is 0 Å². The van der Waals surface area contributed by atoms with Gasteiger partial charge in [0.1, 0.15) is 0 Å². The smallest absolute Gasteiger partial charge is 0.0590 e. The second-order valence-electron chi connectivity index (χ2n) is 4.23. The largest absolute Gasteiger partial charge is 0.384 e. The highest BCUT2D eigenvalue weighted by Crippen LogP contribution is 2.24. The summed E-state index contributed by atoms with van der Waals surface area (Å²) in [5, 5.41) is 3.42. The van der Waals surface area contributed by atoms with Crippen LogP contribution in [-0.4, -0.2) is 11.5 Å². The average Bonchev–Trinajstić information content (AvgIpc) is 2.17. The van der Waals surface area contributed by atoms with Crippen LogP contribution in [0.3, 0.4) is 0 Å². The third-order valence-electron chi connectivity index (χ3n) is 2.49. The topological polar surface area (TPSA) is 24.9 Å². The van der Waals surface area contributed by atoms with Crippen LogP contribution in [0.1, 0.15) is 27.2 Å². The normalized spacial score (nSPS) is 11.4. The van der Waals surface area contributed by atoms with E-state index in [2.05, 4.69) is 47.0 Å². The van der Waals surface area contributed by atoms with Crippen molar-refractivity contribution in [2.45, 2.75) is 27.2 Å². The molecule has 0 saturated heterocycles. The molecule has 3 heteroatoms. The SMILES string of the molecule is CCC(C)(C)CNc1ccncc1Br. The summed E-state index contributed by atoms with van der Waals surface area (Å²) in [6.07, 6.45) is 4.77. The van der Waals surface area contributed by atoms with Crippen LogP contribution in [0.2, 0.25) is 0 Å². The second kappa shape index (κ2) is 4.78. The Hall–Kier alpha value is -0.570. The first-order valence-corrected chi connectivity index (χ1v) is 5.68. The number of pyridine rings is 1. The van der Waals surface area contributed by atoms with E-state index in [0.29, 0.717) is 5.41 Å². The van der Waals surface area contributed by atoms with Crippen LogP contribution >= 0.6 is 15.9 Å². The Kier molecular flexibility index (Phi) is 3.93. The molecule has 0 unspecified atom stereocenters. The molecule has 1 rings (SSSR count). The molecular formula is C11H17BrN2. The molecule has 2 nitrogen and oxygen atoms in total. The zero-order chi connectivity index (χ0) is 10.6. The van der Waals surface area contributed by atoms with Gasteiger partial charge in [0.2, 0.25) is 0 Å². The molecule has 78 valence electrons. The fourth-order valence-electron chi connectivity index (χ4n) is 0.978. The molecule has 0 atom stereocenters. The lowest BCUT2D eigenvalue weighted by atomic mass is 9.90. The molecule has 0 amide bonds. The van der Waals surface area contributed by atoms with E-state index in [9.17, 15) is 0 Å². The van der Waals surface area contributed by atoms with E-state index in [4.69, 9.17) is 0 Å². The number of aromatic nitrogens is 1. The van der Waals surface area contributed by atoms with Gasteiger partial charge >= 0.3 is 0 Å². The van der Waals surface area contributed by atoms with Gasteiger partial charge in [-0.2, -0.15) is 0 Å². The average molecular weight is 257 g/mol. The van der Waals surface area contributed by atoms with Gasteiger partial charge in [0, 0.05) is 18.9 Å². The van der Waals surface area contributed by atoms with Gasteiger partial charge < -0.3 is 5.32 Å². The van der Waals surface area contributed by atoms with Gasteiger partial charge in [0.15, 0.2) is 0 Å². The Balaban J connectivity index is 2.58. The second-order valence-corrected chi connectivity index (χ2v) is 5.08. The summed E-state index contributed by atoms with van der Waals surface area (Å²) in [4.78, 5) is 4.02. The van der Waals surface area contributed by atoms with E-state index >= 15 is 0 Å². The van der Waals surface area contributed by atoms with Crippen molar-refractivity contribution in [2.75, 3.05) is 11.9 Å². The van der Waals surface area contributed by atoms with Gasteiger partial charge in [0.05, 0.1) is 10.2 Å². The van der Waals surface area contributed by atoms with Crippen molar-refractivity contribution < 1.29 is 0 Å². The molecule has 0 radical (unpaired) electrons. The van der Waals surface area contributed by atoms with Crippen LogP contribution < -0.4 is 5.32 Å². The summed E-state index contributed by atoms with van der Waals surface area (Å²) >= 11 is 3.46. The first-order valence-electron chi connectivity index (χ1n) is 4.88. The lowest BCUT2D eigenvalue weighted by molar-refractivity contribution is 0.377. The number of hydrogen-bond donors (Lipinski definition) is 1. The summed E-state index contributed by atoms with van der Waals surface area (Å²) < 4.78 is 1.02. The van der Waals surface area contributed by atoms with Gasteiger partial charge in [-0.1, -0.05) is 20.8 Å². The molecule has 0 spiro atoms. The Morgan fingerprint density at radius 1 is 1.50 bits per heavy atom. The van der Waals surface area contributed by atoms with E-state index in [1.54, 1.807) is 12.4 Å². The third kappa shape index (κ3) is 3.29. The first kappa shape index (κ1) is 11.5. The van der Waals surface area contributed by atoms with Crippen molar-refractivity contribution in [1.82, 2.24) is 4.98 Å². The van der Waals surface area contributed by atoms with Crippen LogP contribution in [0.4, 0.5) is 5.69 Å². The maximum Gasteiger partial charge on any atom is 0.0590 e. The first-order chi connectivity index (χ1) is 6.55. The number of hydrogen-bond acceptors (Lipinski definition) is 2. The Bertz CT molecular complexity index is 297. The summed E-state index contributed by atoms with van der Waals surface area (Å²) in [6.45, 7) is 7.71. The minimum absolute atomic E-state index is 0.336. The molecule has 0 fully saturated rings. The van der Waals surface area contributed by atoms with Gasteiger partial charge in [0.25, 0.3) is 0 Å². The molecule has 14 heavy (non-hydrogen) atoms. The van der Waals surface area contributed by atoms with Crippen molar-refractivity contribution in [3.63, 3.8) is 0 Å². The molecule has 1 N–H and O–H groups in total. The van der Waals surface area contributed by atoms with E-state index in [1.165, 1.54) is 6.42 Å². The molecule has 0 saturated carbocycles.